The monoisotopic (exact) mass is 407 g/mol. The molecule has 0 bridgehead atoms. The number of hydrogen-bond donors (Lipinski definition) is 1. The second-order valence-corrected chi connectivity index (χ2v) is 6.67. The summed E-state index contributed by atoms with van der Waals surface area (Å²) in [6, 6.07) is 5.46. The van der Waals surface area contributed by atoms with Gasteiger partial charge in [-0.15, -0.1) is 11.3 Å². The van der Waals surface area contributed by atoms with E-state index in [1.54, 1.807) is 6.07 Å². The number of thiophene rings is 1. The second-order valence-electron chi connectivity index (χ2n) is 3.63. The minimum absolute atomic E-state index is 0.155. The van der Waals surface area contributed by atoms with Gasteiger partial charge in [0, 0.05) is 14.0 Å². The number of hydrogen-bond acceptors (Lipinski definition) is 2. The maximum absolute atomic E-state index is 12.0. The topological polar surface area (TPSA) is 29.1 Å². The number of aryl methyl sites for hydroxylation is 1. The summed E-state index contributed by atoms with van der Waals surface area (Å²) in [6.07, 6.45) is 0. The summed E-state index contributed by atoms with van der Waals surface area (Å²) >= 11 is 14.2. The predicted octanol–water partition coefficient (Wildman–Crippen LogP) is 5.49. The fourth-order valence-electron chi connectivity index (χ4n) is 1.38. The van der Waals surface area contributed by atoms with Gasteiger partial charge in [-0.3, -0.25) is 4.79 Å². The zero-order chi connectivity index (χ0) is 13.3. The first-order chi connectivity index (χ1) is 8.49. The number of benzene rings is 1. The molecule has 2 rings (SSSR count). The lowest BCUT2D eigenvalue weighted by Gasteiger charge is -2.09. The zero-order valence-corrected chi connectivity index (χ0v) is 14.0. The Hall–Kier alpha value is -0.360. The number of nitrogens with one attached hydrogen (secondary N) is 1. The van der Waals surface area contributed by atoms with Crippen molar-refractivity contribution in [3.05, 3.63) is 48.0 Å². The van der Waals surface area contributed by atoms with Gasteiger partial charge in [0.15, 0.2) is 0 Å². The van der Waals surface area contributed by atoms with Crippen LogP contribution in [0.25, 0.3) is 0 Å². The lowest BCUT2D eigenvalue weighted by atomic mass is 10.2. The Balaban J connectivity index is 2.28. The Bertz CT molecular complexity index is 612. The Kier molecular flexibility index (Phi) is 4.48. The van der Waals surface area contributed by atoms with E-state index in [-0.39, 0.29) is 5.91 Å². The van der Waals surface area contributed by atoms with Gasteiger partial charge in [0.05, 0.1) is 5.69 Å². The molecule has 2 nitrogen and oxygen atoms in total. The molecule has 0 saturated heterocycles. The van der Waals surface area contributed by atoms with Crippen molar-refractivity contribution in [3.63, 3.8) is 0 Å². The van der Waals surface area contributed by atoms with Crippen molar-refractivity contribution in [2.45, 2.75) is 6.92 Å². The molecule has 0 unspecified atom stereocenters. The number of halogens is 3. The number of carbonyl (C=O) groups excluding carboxylic acids is 1. The van der Waals surface area contributed by atoms with Gasteiger partial charge in [-0.1, -0.05) is 11.6 Å². The van der Waals surface area contributed by atoms with Crippen LogP contribution in [0.2, 0.25) is 5.02 Å². The largest absolute Gasteiger partial charge is 0.320 e. The smallest absolute Gasteiger partial charge is 0.266 e. The molecule has 0 aliphatic carbocycles. The molecule has 1 N–H and O–H groups in total. The average molecular weight is 410 g/mol. The molecule has 0 aliphatic rings. The fourth-order valence-corrected chi connectivity index (χ4v) is 3.54. The molecule has 94 valence electrons. The van der Waals surface area contributed by atoms with Crippen LogP contribution in [-0.4, -0.2) is 5.91 Å². The lowest BCUT2D eigenvalue weighted by Crippen LogP contribution is -2.11. The molecule has 1 aromatic carbocycles. The summed E-state index contributed by atoms with van der Waals surface area (Å²) in [6.45, 7) is 1.91. The lowest BCUT2D eigenvalue weighted by molar-refractivity contribution is 0.103. The van der Waals surface area contributed by atoms with Gasteiger partial charge in [-0.05, 0) is 67.9 Å². The molecule has 0 saturated carbocycles. The molecule has 1 heterocycles. The van der Waals surface area contributed by atoms with Gasteiger partial charge in [0.2, 0.25) is 0 Å². The van der Waals surface area contributed by atoms with Crippen LogP contribution in [0.5, 0.6) is 0 Å². The first kappa shape index (κ1) is 14.1. The molecule has 0 radical (unpaired) electrons. The highest BCUT2D eigenvalue weighted by Gasteiger charge is 2.13. The van der Waals surface area contributed by atoms with Gasteiger partial charge in [-0.2, -0.15) is 0 Å². The van der Waals surface area contributed by atoms with E-state index in [0.717, 1.165) is 14.5 Å². The standard InChI is InChI=1S/C12H8Br2ClNOS/c1-6-4-8(14)10(5-9(6)15)16-12(17)11-7(13)2-3-18-11/h2-5H,1H3,(H,16,17). The van der Waals surface area contributed by atoms with Crippen molar-refractivity contribution in [2.24, 2.45) is 0 Å². The highest BCUT2D eigenvalue weighted by Crippen LogP contribution is 2.30. The number of anilines is 1. The third-order valence-electron chi connectivity index (χ3n) is 2.32. The maximum Gasteiger partial charge on any atom is 0.266 e. The molecule has 18 heavy (non-hydrogen) atoms. The Morgan fingerprint density at radius 2 is 2.06 bits per heavy atom. The van der Waals surface area contributed by atoms with Gasteiger partial charge in [0.1, 0.15) is 4.88 Å². The highest BCUT2D eigenvalue weighted by atomic mass is 79.9. The minimum atomic E-state index is -0.155. The molecular formula is C12H8Br2ClNOS. The predicted molar refractivity (Wildman–Crippen MR) is 83.9 cm³/mol. The Labute approximate surface area is 131 Å². The van der Waals surface area contributed by atoms with Gasteiger partial charge < -0.3 is 5.32 Å². The number of amides is 1. The van der Waals surface area contributed by atoms with Gasteiger partial charge in [0.25, 0.3) is 5.91 Å². The van der Waals surface area contributed by atoms with Crippen LogP contribution in [0.15, 0.2) is 32.5 Å². The van der Waals surface area contributed by atoms with Gasteiger partial charge in [-0.25, -0.2) is 0 Å². The van der Waals surface area contributed by atoms with Crippen molar-refractivity contribution < 1.29 is 4.79 Å². The first-order valence-corrected chi connectivity index (χ1v) is 7.83. The Morgan fingerprint density at radius 1 is 1.33 bits per heavy atom. The maximum atomic E-state index is 12.0. The number of carbonyl (C=O) groups is 1. The highest BCUT2D eigenvalue weighted by molar-refractivity contribution is 9.11. The van der Waals surface area contributed by atoms with Crippen LogP contribution in [-0.2, 0) is 0 Å². The van der Waals surface area contributed by atoms with Crippen molar-refractivity contribution in [3.8, 4) is 0 Å². The van der Waals surface area contributed by atoms with E-state index in [4.69, 9.17) is 11.6 Å². The van der Waals surface area contributed by atoms with Crippen LogP contribution >= 0.6 is 54.8 Å². The fraction of sp³-hybridized carbons (Fsp3) is 0.0833. The van der Waals surface area contributed by atoms with E-state index in [1.807, 2.05) is 24.4 Å². The molecule has 6 heteroatoms. The van der Waals surface area contributed by atoms with E-state index in [2.05, 4.69) is 37.2 Å². The molecular weight excluding hydrogens is 401 g/mol. The van der Waals surface area contributed by atoms with Crippen molar-refractivity contribution in [1.29, 1.82) is 0 Å². The number of rotatable bonds is 2. The first-order valence-electron chi connectivity index (χ1n) is 4.99. The summed E-state index contributed by atoms with van der Waals surface area (Å²) in [5, 5.41) is 5.31. The van der Waals surface area contributed by atoms with E-state index >= 15 is 0 Å². The van der Waals surface area contributed by atoms with Crippen LogP contribution in [0, 0.1) is 6.92 Å². The van der Waals surface area contributed by atoms with Crippen LogP contribution in [0.1, 0.15) is 15.2 Å². The summed E-state index contributed by atoms with van der Waals surface area (Å²) in [5.74, 6) is -0.155. The van der Waals surface area contributed by atoms with Gasteiger partial charge >= 0.3 is 0 Å². The van der Waals surface area contributed by atoms with Crippen molar-refractivity contribution in [1.82, 2.24) is 0 Å². The van der Waals surface area contributed by atoms with E-state index < -0.39 is 0 Å². The van der Waals surface area contributed by atoms with Crippen molar-refractivity contribution in [2.75, 3.05) is 5.32 Å². The van der Waals surface area contributed by atoms with E-state index in [9.17, 15) is 4.79 Å². The third-order valence-corrected chi connectivity index (χ3v) is 5.22. The zero-order valence-electron chi connectivity index (χ0n) is 9.26. The normalized spacial score (nSPS) is 10.4. The summed E-state index contributed by atoms with van der Waals surface area (Å²) < 4.78 is 1.60. The summed E-state index contributed by atoms with van der Waals surface area (Å²) in [7, 11) is 0. The molecule has 0 aliphatic heterocycles. The molecule has 2 aromatic rings. The molecule has 0 atom stereocenters. The van der Waals surface area contributed by atoms with Crippen molar-refractivity contribution >= 4 is 66.4 Å². The Morgan fingerprint density at radius 3 is 2.67 bits per heavy atom. The molecule has 1 amide bonds. The molecule has 0 fully saturated rings. The van der Waals surface area contributed by atoms with Crippen LogP contribution in [0.3, 0.4) is 0 Å². The molecule has 1 aromatic heterocycles. The van der Waals surface area contributed by atoms with Crippen LogP contribution < -0.4 is 5.32 Å². The second kappa shape index (κ2) is 5.74. The minimum Gasteiger partial charge on any atom is -0.320 e. The quantitative estimate of drug-likeness (QED) is 0.698. The SMILES string of the molecule is Cc1cc(Br)c(NC(=O)c2sccc2Br)cc1Cl. The third kappa shape index (κ3) is 2.96. The van der Waals surface area contributed by atoms with E-state index in [1.165, 1.54) is 11.3 Å². The molecule has 0 spiro atoms. The average Bonchev–Trinajstić information content (AvgIpc) is 2.72. The van der Waals surface area contributed by atoms with Crippen LogP contribution in [0.4, 0.5) is 5.69 Å². The van der Waals surface area contributed by atoms with E-state index in [0.29, 0.717) is 15.6 Å². The summed E-state index contributed by atoms with van der Waals surface area (Å²) in [4.78, 5) is 12.7. The summed E-state index contributed by atoms with van der Waals surface area (Å²) in [5.41, 5.74) is 1.62.